The van der Waals surface area contributed by atoms with Gasteiger partial charge in [-0.25, -0.2) is 4.79 Å². The average Bonchev–Trinajstić information content (AvgIpc) is 3.03. The quantitative estimate of drug-likeness (QED) is 0.679. The number of fused-ring (bicyclic) bond motifs is 3. The van der Waals surface area contributed by atoms with E-state index in [1.165, 1.54) is 12.8 Å². The van der Waals surface area contributed by atoms with Crippen LogP contribution < -0.4 is 0 Å². The Hall–Kier alpha value is -1.06. The first-order valence-electron chi connectivity index (χ1n) is 10.4. The molecule has 0 radical (unpaired) electrons. The van der Waals surface area contributed by atoms with Crippen LogP contribution in [0.5, 0.6) is 0 Å². The third-order valence-corrected chi connectivity index (χ3v) is 9.14. The Kier molecular flexibility index (Phi) is 3.70. The standard InChI is InChI=1S/C22H34O4/c1-13-7-8-14-11-16(19(2,3)12-15(13)14)25-18(24)22-10-9-21(6,17(23)26-22)20(22,4)5/h13-16H,7-12H2,1-6H3/t13-,14-,15+,16+,21-,22+/m0/s1. The molecule has 1 saturated heterocycles. The van der Waals surface area contributed by atoms with Crippen LogP contribution in [-0.2, 0) is 19.1 Å². The van der Waals surface area contributed by atoms with Crippen LogP contribution in [0.15, 0.2) is 0 Å². The number of ether oxygens (including phenoxy) is 2. The van der Waals surface area contributed by atoms with Gasteiger partial charge < -0.3 is 9.47 Å². The fourth-order valence-corrected chi connectivity index (χ4v) is 6.50. The monoisotopic (exact) mass is 362 g/mol. The zero-order valence-corrected chi connectivity index (χ0v) is 17.2. The van der Waals surface area contributed by atoms with Gasteiger partial charge in [-0.2, -0.15) is 0 Å². The SMILES string of the molecule is C[C@H]1CC[C@H]2C[C@@H](OC(=O)[C@@]34CC[C@@](C)(C(=O)O3)C4(C)C)C(C)(C)C[C@@H]21. The van der Waals surface area contributed by atoms with Crippen LogP contribution in [0.25, 0.3) is 0 Å². The van der Waals surface area contributed by atoms with Crippen molar-refractivity contribution in [3.63, 3.8) is 0 Å². The summed E-state index contributed by atoms with van der Waals surface area (Å²) < 4.78 is 11.9. The smallest absolute Gasteiger partial charge is 0.351 e. The molecule has 4 heteroatoms. The molecule has 0 amide bonds. The van der Waals surface area contributed by atoms with E-state index in [9.17, 15) is 9.59 Å². The first-order chi connectivity index (χ1) is 11.9. The van der Waals surface area contributed by atoms with Crippen molar-refractivity contribution in [3.05, 3.63) is 0 Å². The molecule has 0 aromatic carbocycles. The fraction of sp³-hybridized carbons (Fsp3) is 0.909. The second kappa shape index (κ2) is 5.26. The molecular formula is C22H34O4. The van der Waals surface area contributed by atoms with Gasteiger partial charge in [0.2, 0.25) is 5.60 Å². The summed E-state index contributed by atoms with van der Waals surface area (Å²) in [6.45, 7) is 12.8. The molecule has 146 valence electrons. The molecule has 1 heterocycles. The minimum Gasteiger partial charge on any atom is -0.459 e. The highest BCUT2D eigenvalue weighted by Gasteiger charge is 2.76. The Morgan fingerprint density at radius 2 is 1.81 bits per heavy atom. The van der Waals surface area contributed by atoms with Crippen LogP contribution in [0.2, 0.25) is 0 Å². The second-order valence-corrected chi connectivity index (χ2v) is 11.0. The lowest BCUT2D eigenvalue weighted by Crippen LogP contribution is -2.52. The van der Waals surface area contributed by atoms with Gasteiger partial charge in [-0.3, -0.25) is 4.79 Å². The molecule has 4 nitrogen and oxygen atoms in total. The molecule has 0 aromatic heterocycles. The van der Waals surface area contributed by atoms with Crippen molar-refractivity contribution in [1.29, 1.82) is 0 Å². The molecule has 26 heavy (non-hydrogen) atoms. The predicted octanol–water partition coefficient (Wildman–Crippen LogP) is 4.50. The summed E-state index contributed by atoms with van der Waals surface area (Å²) in [6, 6.07) is 0. The van der Waals surface area contributed by atoms with Gasteiger partial charge in [0.15, 0.2) is 0 Å². The third kappa shape index (κ3) is 2.08. The molecule has 0 aromatic rings. The maximum Gasteiger partial charge on any atom is 0.351 e. The van der Waals surface area contributed by atoms with E-state index in [4.69, 9.17) is 9.47 Å². The highest BCUT2D eigenvalue weighted by molar-refractivity contribution is 5.93. The molecule has 2 bridgehead atoms. The number of esters is 2. The lowest BCUT2D eigenvalue weighted by molar-refractivity contribution is -0.195. The first-order valence-corrected chi connectivity index (χ1v) is 10.4. The highest BCUT2D eigenvalue weighted by atomic mass is 16.6. The van der Waals surface area contributed by atoms with Crippen molar-refractivity contribution in [2.75, 3.05) is 0 Å². The maximum absolute atomic E-state index is 13.3. The number of hydrogen-bond donors (Lipinski definition) is 0. The molecular weight excluding hydrogens is 328 g/mol. The van der Waals surface area contributed by atoms with E-state index in [1.54, 1.807) is 0 Å². The molecule has 0 N–H and O–H groups in total. The highest BCUT2D eigenvalue weighted by Crippen LogP contribution is 2.66. The van der Waals surface area contributed by atoms with Gasteiger partial charge in [-0.1, -0.05) is 41.0 Å². The lowest BCUT2D eigenvalue weighted by atomic mass is 9.64. The summed E-state index contributed by atoms with van der Waals surface area (Å²) in [4.78, 5) is 25.8. The van der Waals surface area contributed by atoms with E-state index < -0.39 is 16.4 Å². The Balaban J connectivity index is 1.56. The number of hydrogen-bond acceptors (Lipinski definition) is 4. The zero-order chi connectivity index (χ0) is 19.1. The Morgan fingerprint density at radius 1 is 1.12 bits per heavy atom. The fourth-order valence-electron chi connectivity index (χ4n) is 6.50. The molecule has 3 saturated carbocycles. The molecule has 4 rings (SSSR count). The topological polar surface area (TPSA) is 52.6 Å². The molecule has 6 atom stereocenters. The normalized spacial score (nSPS) is 48.2. The second-order valence-electron chi connectivity index (χ2n) is 11.0. The van der Waals surface area contributed by atoms with Gasteiger partial charge in [0.1, 0.15) is 6.10 Å². The van der Waals surface area contributed by atoms with Crippen LogP contribution in [0.4, 0.5) is 0 Å². The predicted molar refractivity (Wildman–Crippen MR) is 98.2 cm³/mol. The minimum atomic E-state index is -1.10. The summed E-state index contributed by atoms with van der Waals surface area (Å²) >= 11 is 0. The third-order valence-electron chi connectivity index (χ3n) is 9.14. The Bertz CT molecular complexity index is 651. The summed E-state index contributed by atoms with van der Waals surface area (Å²) in [5, 5.41) is 0. The number of carbonyl (C=O) groups is 2. The van der Waals surface area contributed by atoms with E-state index in [0.29, 0.717) is 18.8 Å². The first kappa shape index (κ1) is 18.3. The lowest BCUT2D eigenvalue weighted by Gasteiger charge is -2.46. The molecule has 0 spiro atoms. The maximum atomic E-state index is 13.3. The van der Waals surface area contributed by atoms with Gasteiger partial charge in [-0.05, 0) is 56.8 Å². The average molecular weight is 363 g/mol. The van der Waals surface area contributed by atoms with Crippen molar-refractivity contribution < 1.29 is 19.1 Å². The van der Waals surface area contributed by atoms with Crippen molar-refractivity contribution >= 4 is 11.9 Å². The van der Waals surface area contributed by atoms with Crippen molar-refractivity contribution in [1.82, 2.24) is 0 Å². The van der Waals surface area contributed by atoms with E-state index in [-0.39, 0.29) is 23.5 Å². The van der Waals surface area contributed by atoms with Crippen LogP contribution in [0.1, 0.15) is 80.1 Å². The molecule has 0 unspecified atom stereocenters. The Morgan fingerprint density at radius 3 is 2.38 bits per heavy atom. The summed E-state index contributed by atoms with van der Waals surface area (Å²) in [6.07, 6.45) is 5.80. The van der Waals surface area contributed by atoms with Crippen LogP contribution >= 0.6 is 0 Å². The summed E-state index contributed by atoms with van der Waals surface area (Å²) in [5.41, 5.74) is -2.24. The van der Waals surface area contributed by atoms with Gasteiger partial charge >= 0.3 is 11.9 Å². The van der Waals surface area contributed by atoms with Gasteiger partial charge in [0.25, 0.3) is 0 Å². The van der Waals surface area contributed by atoms with Crippen molar-refractivity contribution in [3.8, 4) is 0 Å². The van der Waals surface area contributed by atoms with Gasteiger partial charge in [-0.15, -0.1) is 0 Å². The van der Waals surface area contributed by atoms with Gasteiger partial charge in [0, 0.05) is 10.8 Å². The van der Waals surface area contributed by atoms with E-state index in [1.807, 2.05) is 20.8 Å². The molecule has 1 aliphatic heterocycles. The number of rotatable bonds is 2. The van der Waals surface area contributed by atoms with Crippen molar-refractivity contribution in [2.24, 2.45) is 34.0 Å². The number of carbonyl (C=O) groups excluding carboxylic acids is 2. The van der Waals surface area contributed by atoms with Crippen LogP contribution in [0.3, 0.4) is 0 Å². The molecule has 4 aliphatic rings. The van der Waals surface area contributed by atoms with E-state index in [0.717, 1.165) is 24.7 Å². The molecule has 4 fully saturated rings. The van der Waals surface area contributed by atoms with Crippen molar-refractivity contribution in [2.45, 2.75) is 91.8 Å². The minimum absolute atomic E-state index is 0.0271. The molecule has 3 aliphatic carbocycles. The zero-order valence-electron chi connectivity index (χ0n) is 17.2. The van der Waals surface area contributed by atoms with Crippen LogP contribution in [-0.4, -0.2) is 23.6 Å². The van der Waals surface area contributed by atoms with Gasteiger partial charge in [0.05, 0.1) is 5.41 Å². The van der Waals surface area contributed by atoms with E-state index in [2.05, 4.69) is 20.8 Å². The van der Waals surface area contributed by atoms with E-state index >= 15 is 0 Å². The Labute approximate surface area is 157 Å². The summed E-state index contributed by atoms with van der Waals surface area (Å²) in [7, 11) is 0. The summed E-state index contributed by atoms with van der Waals surface area (Å²) in [5.74, 6) is 1.66. The van der Waals surface area contributed by atoms with Crippen LogP contribution in [0, 0.1) is 34.0 Å². The largest absolute Gasteiger partial charge is 0.459 e.